The number of rotatable bonds is 1. The molecule has 4 nitrogen and oxygen atoms in total. The van der Waals surface area contributed by atoms with Crippen molar-refractivity contribution in [3.63, 3.8) is 0 Å². The Morgan fingerprint density at radius 1 is 1.90 bits per heavy atom. The van der Waals surface area contributed by atoms with Crippen molar-refractivity contribution in [3.05, 3.63) is 0 Å². The highest BCUT2D eigenvalue weighted by atomic mass is 16.5. The van der Waals surface area contributed by atoms with Crippen LogP contribution in [0.3, 0.4) is 0 Å². The molecule has 0 aromatic carbocycles. The van der Waals surface area contributed by atoms with E-state index in [1.165, 1.54) is 5.01 Å². The van der Waals surface area contributed by atoms with E-state index in [1.54, 1.807) is 20.2 Å². The topological polar surface area (TPSA) is 41.9 Å². The molecule has 0 radical (unpaired) electrons. The Kier molecular flexibility index (Phi) is 1.72. The molecule has 0 aromatic heterocycles. The predicted molar refractivity (Wildman–Crippen MR) is 36.7 cm³/mol. The molecule has 0 amide bonds. The van der Waals surface area contributed by atoms with Gasteiger partial charge < -0.3 is 4.74 Å². The fourth-order valence-corrected chi connectivity index (χ4v) is 0.680. The van der Waals surface area contributed by atoms with Crippen LogP contribution in [-0.2, 0) is 9.53 Å². The van der Waals surface area contributed by atoms with Gasteiger partial charge in [0.05, 0.1) is 12.8 Å². The van der Waals surface area contributed by atoms with Gasteiger partial charge in [-0.25, -0.2) is 0 Å². The van der Waals surface area contributed by atoms with E-state index in [2.05, 4.69) is 5.10 Å². The summed E-state index contributed by atoms with van der Waals surface area (Å²) in [6.45, 7) is 2.08. The van der Waals surface area contributed by atoms with Crippen LogP contribution in [0.1, 0.15) is 6.92 Å². The van der Waals surface area contributed by atoms with Gasteiger partial charge >= 0.3 is 0 Å². The zero-order valence-corrected chi connectivity index (χ0v) is 6.07. The zero-order chi connectivity index (χ0) is 7.61. The second kappa shape index (κ2) is 2.38. The van der Waals surface area contributed by atoms with Crippen LogP contribution in [-0.4, -0.2) is 36.9 Å². The molecule has 56 valence electrons. The van der Waals surface area contributed by atoms with Gasteiger partial charge in [-0.05, 0) is 6.92 Å². The maximum Gasteiger partial charge on any atom is 0.209 e. The minimum absolute atomic E-state index is 0.402. The Hall–Kier alpha value is -0.900. The summed E-state index contributed by atoms with van der Waals surface area (Å²) < 4.78 is 5.14. The van der Waals surface area contributed by atoms with Crippen molar-refractivity contribution in [2.45, 2.75) is 12.6 Å². The van der Waals surface area contributed by atoms with Gasteiger partial charge in [-0.2, -0.15) is 5.10 Å². The van der Waals surface area contributed by atoms with Gasteiger partial charge in [-0.15, -0.1) is 0 Å². The first-order valence-corrected chi connectivity index (χ1v) is 3.05. The summed E-state index contributed by atoms with van der Waals surface area (Å²) in [5.41, 5.74) is -0.866. The van der Waals surface area contributed by atoms with Gasteiger partial charge in [0.25, 0.3) is 0 Å². The van der Waals surface area contributed by atoms with Crippen molar-refractivity contribution in [1.29, 1.82) is 0 Å². The van der Waals surface area contributed by atoms with Crippen molar-refractivity contribution in [2.75, 3.05) is 13.7 Å². The number of carbonyl (C=O) groups excluding carboxylic acids is 1. The van der Waals surface area contributed by atoms with Crippen LogP contribution < -0.4 is 0 Å². The lowest BCUT2D eigenvalue weighted by atomic mass is 10.3. The van der Waals surface area contributed by atoms with Crippen LogP contribution in [0.15, 0.2) is 5.10 Å². The standard InChI is InChI=1S/C6H10N2O2/c1-6(5-9)8(2)7-3-4-10-6/h3,5H,4H2,1-2H3. The SMILES string of the molecule is CN1N=CCOC1(C)C=O. The molecule has 4 heteroatoms. The molecule has 0 fully saturated rings. The second-order valence-corrected chi connectivity index (χ2v) is 2.31. The molecule has 0 aromatic rings. The molecule has 0 spiro atoms. The summed E-state index contributed by atoms with van der Waals surface area (Å²) in [5.74, 6) is 0. The maximum absolute atomic E-state index is 10.5. The fourth-order valence-electron chi connectivity index (χ4n) is 0.680. The third-order valence-electron chi connectivity index (χ3n) is 1.57. The highest BCUT2D eigenvalue weighted by Gasteiger charge is 2.30. The third-order valence-corrected chi connectivity index (χ3v) is 1.57. The van der Waals surface area contributed by atoms with Gasteiger partial charge in [0.1, 0.15) is 0 Å². The number of hydrazone groups is 1. The minimum atomic E-state index is -0.866. The van der Waals surface area contributed by atoms with Crippen molar-refractivity contribution >= 4 is 12.5 Å². The van der Waals surface area contributed by atoms with Gasteiger partial charge in [0, 0.05) is 7.05 Å². The average Bonchev–Trinajstić information content (AvgIpc) is 1.96. The highest BCUT2D eigenvalue weighted by molar-refractivity contribution is 5.65. The molecule has 0 saturated heterocycles. The fraction of sp³-hybridized carbons (Fsp3) is 0.667. The van der Waals surface area contributed by atoms with E-state index in [0.29, 0.717) is 6.61 Å². The minimum Gasteiger partial charge on any atom is -0.342 e. The van der Waals surface area contributed by atoms with E-state index in [1.807, 2.05) is 0 Å². The molecule has 0 aliphatic carbocycles. The van der Waals surface area contributed by atoms with Gasteiger partial charge in [0.2, 0.25) is 5.72 Å². The second-order valence-electron chi connectivity index (χ2n) is 2.31. The third kappa shape index (κ3) is 1.02. The van der Waals surface area contributed by atoms with E-state index < -0.39 is 5.72 Å². The number of likely N-dealkylation sites (N-methyl/N-ethyl adjacent to an activating group) is 1. The van der Waals surface area contributed by atoms with E-state index in [-0.39, 0.29) is 0 Å². The van der Waals surface area contributed by atoms with E-state index >= 15 is 0 Å². The largest absolute Gasteiger partial charge is 0.342 e. The maximum atomic E-state index is 10.5. The predicted octanol–water partition coefficient (Wildman–Crippen LogP) is -0.151. The number of aldehydes is 1. The lowest BCUT2D eigenvalue weighted by Crippen LogP contribution is -2.47. The van der Waals surface area contributed by atoms with Crippen LogP contribution >= 0.6 is 0 Å². The monoisotopic (exact) mass is 142 g/mol. The van der Waals surface area contributed by atoms with E-state index in [4.69, 9.17) is 4.74 Å². The molecule has 1 aliphatic heterocycles. The summed E-state index contributed by atoms with van der Waals surface area (Å²) in [7, 11) is 1.70. The molecule has 1 unspecified atom stereocenters. The Morgan fingerprint density at radius 2 is 2.60 bits per heavy atom. The molecule has 1 heterocycles. The van der Waals surface area contributed by atoms with Crippen molar-refractivity contribution in [3.8, 4) is 0 Å². The lowest BCUT2D eigenvalue weighted by molar-refractivity contribution is -0.154. The molecule has 0 bridgehead atoms. The van der Waals surface area contributed by atoms with Gasteiger partial charge in [0.15, 0.2) is 6.29 Å². The Labute approximate surface area is 59.5 Å². The summed E-state index contributed by atoms with van der Waals surface area (Å²) in [5, 5.41) is 5.40. The summed E-state index contributed by atoms with van der Waals surface area (Å²) in [6.07, 6.45) is 2.36. The smallest absolute Gasteiger partial charge is 0.209 e. The summed E-state index contributed by atoms with van der Waals surface area (Å²) in [6, 6.07) is 0. The molecular formula is C6H10N2O2. The van der Waals surface area contributed by atoms with Gasteiger partial charge in [-0.3, -0.25) is 9.80 Å². The Morgan fingerprint density at radius 3 is 3.00 bits per heavy atom. The first-order chi connectivity index (χ1) is 4.69. The Bertz CT molecular complexity index is 169. The molecule has 1 aliphatic rings. The number of hydrogen-bond acceptors (Lipinski definition) is 4. The molecule has 1 rings (SSSR count). The van der Waals surface area contributed by atoms with Crippen molar-refractivity contribution < 1.29 is 9.53 Å². The first-order valence-electron chi connectivity index (χ1n) is 3.05. The molecule has 0 N–H and O–H groups in total. The molecule has 10 heavy (non-hydrogen) atoms. The number of hydrogen-bond donors (Lipinski definition) is 0. The van der Waals surface area contributed by atoms with Crippen molar-refractivity contribution in [2.24, 2.45) is 5.10 Å². The summed E-state index contributed by atoms with van der Waals surface area (Å²) in [4.78, 5) is 10.5. The lowest BCUT2D eigenvalue weighted by Gasteiger charge is -2.33. The Balaban J connectivity index is 2.77. The molecule has 1 atom stereocenters. The highest BCUT2D eigenvalue weighted by Crippen LogP contribution is 2.14. The number of ether oxygens (including phenoxy) is 1. The zero-order valence-electron chi connectivity index (χ0n) is 6.07. The molecular weight excluding hydrogens is 132 g/mol. The van der Waals surface area contributed by atoms with Crippen LogP contribution in [0, 0.1) is 0 Å². The molecule has 0 saturated carbocycles. The van der Waals surface area contributed by atoms with Gasteiger partial charge in [-0.1, -0.05) is 0 Å². The van der Waals surface area contributed by atoms with Crippen LogP contribution in [0.25, 0.3) is 0 Å². The normalized spacial score (nSPS) is 32.4. The van der Waals surface area contributed by atoms with E-state index in [0.717, 1.165) is 6.29 Å². The first kappa shape index (κ1) is 7.21. The van der Waals surface area contributed by atoms with Crippen LogP contribution in [0.5, 0.6) is 0 Å². The average molecular weight is 142 g/mol. The quantitative estimate of drug-likeness (QED) is 0.478. The van der Waals surface area contributed by atoms with Crippen LogP contribution in [0.4, 0.5) is 0 Å². The number of nitrogens with zero attached hydrogens (tertiary/aromatic N) is 2. The van der Waals surface area contributed by atoms with Crippen molar-refractivity contribution in [1.82, 2.24) is 5.01 Å². The number of carbonyl (C=O) groups is 1. The summed E-state index contributed by atoms with van der Waals surface area (Å²) >= 11 is 0. The van der Waals surface area contributed by atoms with Crippen LogP contribution in [0.2, 0.25) is 0 Å². The van der Waals surface area contributed by atoms with E-state index in [9.17, 15) is 4.79 Å².